The normalized spacial score (nSPS) is 12.4. The Balaban J connectivity index is 2.14. The van der Waals surface area contributed by atoms with Gasteiger partial charge >= 0.3 is 6.09 Å². The van der Waals surface area contributed by atoms with Gasteiger partial charge in [0.05, 0.1) is 0 Å². The van der Waals surface area contributed by atoms with Gasteiger partial charge in [0.2, 0.25) is 0 Å². The summed E-state index contributed by atoms with van der Waals surface area (Å²) in [5.41, 5.74) is 0.664. The van der Waals surface area contributed by atoms with Crippen LogP contribution in [0.5, 0.6) is 0 Å². The van der Waals surface area contributed by atoms with Crippen LogP contribution in [0, 0.1) is 0 Å². The highest BCUT2D eigenvalue weighted by Crippen LogP contribution is 2.29. The van der Waals surface area contributed by atoms with Crippen LogP contribution in [0.2, 0.25) is 0 Å². The van der Waals surface area contributed by atoms with E-state index in [-0.39, 0.29) is 5.78 Å². The van der Waals surface area contributed by atoms with Crippen molar-refractivity contribution in [2.75, 3.05) is 5.32 Å². The number of rotatable bonds is 4. The van der Waals surface area contributed by atoms with Crippen LogP contribution in [0.3, 0.4) is 0 Å². The molecule has 2 rings (SSSR count). The third-order valence-corrected chi connectivity index (χ3v) is 4.48. The van der Waals surface area contributed by atoms with Crippen molar-refractivity contribution in [2.24, 2.45) is 0 Å². The number of carbonyl (C=O) groups is 2. The van der Waals surface area contributed by atoms with Gasteiger partial charge in [-0.3, -0.25) is 10.1 Å². The number of hydrogen-bond donors (Lipinski definition) is 1. The number of ketones is 1. The topological polar surface area (TPSA) is 68.3 Å². The van der Waals surface area contributed by atoms with Crippen LogP contribution in [-0.4, -0.2) is 22.5 Å². The van der Waals surface area contributed by atoms with Crippen molar-refractivity contribution in [1.29, 1.82) is 0 Å². The standard InChI is InChI=1S/C18H18Br2N2O3/c1-18(2,3)25-17(24)22-14-10-11(7-8-21-14)15(20)16(23)12-5-4-6-13(19)9-12/h4-10,15H,1-3H3,(H,21,22,24)/t15-/m1/s1. The maximum atomic E-state index is 12.6. The molecule has 0 bridgehead atoms. The molecule has 2 aromatic rings. The summed E-state index contributed by atoms with van der Waals surface area (Å²) in [5.74, 6) is 0.231. The minimum atomic E-state index is -0.601. The Morgan fingerprint density at radius 1 is 1.20 bits per heavy atom. The third-order valence-electron chi connectivity index (χ3n) is 3.04. The van der Waals surface area contributed by atoms with Crippen molar-refractivity contribution in [3.63, 3.8) is 0 Å². The number of pyridine rings is 1. The number of Topliss-reactive ketones (excluding diaryl/α,β-unsaturated/α-hetero) is 1. The number of benzene rings is 1. The highest BCUT2D eigenvalue weighted by Gasteiger charge is 2.21. The Hall–Kier alpha value is -1.73. The van der Waals surface area contributed by atoms with Crippen LogP contribution in [-0.2, 0) is 4.74 Å². The minimum Gasteiger partial charge on any atom is -0.444 e. The first-order valence-corrected chi connectivity index (χ1v) is 9.26. The number of anilines is 1. The first-order valence-electron chi connectivity index (χ1n) is 7.55. The van der Waals surface area contributed by atoms with Crippen molar-refractivity contribution in [3.05, 3.63) is 58.2 Å². The first-order chi connectivity index (χ1) is 11.7. The fourth-order valence-electron chi connectivity index (χ4n) is 2.02. The molecule has 1 N–H and O–H groups in total. The van der Waals surface area contributed by atoms with Crippen molar-refractivity contribution in [3.8, 4) is 0 Å². The lowest BCUT2D eigenvalue weighted by Gasteiger charge is -2.19. The van der Waals surface area contributed by atoms with Crippen molar-refractivity contribution >= 4 is 49.6 Å². The summed E-state index contributed by atoms with van der Waals surface area (Å²) in [5, 5.41) is 2.57. The number of aromatic nitrogens is 1. The molecule has 0 aliphatic carbocycles. The molecule has 1 aromatic carbocycles. The number of nitrogens with zero attached hydrogens (tertiary/aromatic N) is 1. The van der Waals surface area contributed by atoms with Gasteiger partial charge in [0, 0.05) is 16.2 Å². The minimum absolute atomic E-state index is 0.0873. The van der Waals surface area contributed by atoms with Crippen molar-refractivity contribution in [1.82, 2.24) is 4.98 Å². The second-order valence-corrected chi connectivity index (χ2v) is 8.17. The second kappa shape index (κ2) is 8.10. The van der Waals surface area contributed by atoms with Crippen LogP contribution in [0.1, 0.15) is 41.5 Å². The summed E-state index contributed by atoms with van der Waals surface area (Å²) in [4.78, 5) is 28.0. The number of halogens is 2. The van der Waals surface area contributed by atoms with E-state index in [0.717, 1.165) is 4.47 Å². The first kappa shape index (κ1) is 19.6. The van der Waals surface area contributed by atoms with Gasteiger partial charge in [-0.1, -0.05) is 44.0 Å². The van der Waals surface area contributed by atoms with E-state index in [9.17, 15) is 9.59 Å². The zero-order valence-electron chi connectivity index (χ0n) is 14.0. The van der Waals surface area contributed by atoms with Gasteiger partial charge in [0.25, 0.3) is 0 Å². The van der Waals surface area contributed by atoms with E-state index in [4.69, 9.17) is 4.74 Å². The van der Waals surface area contributed by atoms with Gasteiger partial charge < -0.3 is 4.74 Å². The zero-order valence-corrected chi connectivity index (χ0v) is 17.2. The van der Waals surface area contributed by atoms with Gasteiger partial charge in [0.1, 0.15) is 16.2 Å². The van der Waals surface area contributed by atoms with Crippen LogP contribution in [0.15, 0.2) is 47.1 Å². The monoisotopic (exact) mass is 468 g/mol. The van der Waals surface area contributed by atoms with E-state index >= 15 is 0 Å². The van der Waals surface area contributed by atoms with Gasteiger partial charge in [-0.2, -0.15) is 0 Å². The average molecular weight is 470 g/mol. The van der Waals surface area contributed by atoms with E-state index in [2.05, 4.69) is 42.2 Å². The number of hydrogen-bond acceptors (Lipinski definition) is 4. The molecule has 5 nitrogen and oxygen atoms in total. The smallest absolute Gasteiger partial charge is 0.413 e. The second-order valence-electron chi connectivity index (χ2n) is 6.34. The molecule has 0 spiro atoms. The van der Waals surface area contributed by atoms with Crippen LogP contribution < -0.4 is 5.32 Å². The lowest BCUT2D eigenvalue weighted by atomic mass is 10.0. The van der Waals surface area contributed by atoms with Gasteiger partial charge in [-0.05, 0) is 50.6 Å². The molecule has 0 aliphatic rings. The molecule has 1 heterocycles. The molecule has 0 aliphatic heterocycles. The highest BCUT2D eigenvalue weighted by atomic mass is 79.9. The number of amides is 1. The number of alkyl halides is 1. The fourth-order valence-corrected chi connectivity index (χ4v) is 2.97. The van der Waals surface area contributed by atoms with Crippen molar-refractivity contribution in [2.45, 2.75) is 31.2 Å². The predicted molar refractivity (Wildman–Crippen MR) is 104 cm³/mol. The molecule has 7 heteroatoms. The Morgan fingerprint density at radius 3 is 2.56 bits per heavy atom. The van der Waals surface area contributed by atoms with E-state index in [1.54, 1.807) is 51.1 Å². The number of nitrogens with one attached hydrogen (secondary N) is 1. The molecule has 1 aromatic heterocycles. The van der Waals surface area contributed by atoms with Crippen LogP contribution in [0.4, 0.5) is 10.6 Å². The molecule has 1 atom stereocenters. The third kappa shape index (κ3) is 5.93. The molecule has 132 valence electrons. The molecule has 25 heavy (non-hydrogen) atoms. The SMILES string of the molecule is CC(C)(C)OC(=O)Nc1cc([C@@H](Br)C(=O)c2cccc(Br)c2)ccn1. The summed E-state index contributed by atoms with van der Waals surface area (Å²) in [6.45, 7) is 5.34. The molecule has 0 saturated heterocycles. The molecule has 0 saturated carbocycles. The molecular weight excluding hydrogens is 452 g/mol. The predicted octanol–water partition coefficient (Wildman–Crippen LogP) is 5.51. The van der Waals surface area contributed by atoms with Crippen LogP contribution in [0.25, 0.3) is 0 Å². The summed E-state index contributed by atoms with van der Waals surface area (Å²) < 4.78 is 6.03. The molecule has 0 radical (unpaired) electrons. The van der Waals surface area contributed by atoms with Gasteiger partial charge in [-0.25, -0.2) is 9.78 Å². The average Bonchev–Trinajstić information content (AvgIpc) is 2.52. The summed E-state index contributed by atoms with van der Waals surface area (Å²) >= 11 is 6.78. The van der Waals surface area contributed by atoms with E-state index < -0.39 is 16.5 Å². The Kier molecular flexibility index (Phi) is 6.35. The molecular formula is C18H18Br2N2O3. The lowest BCUT2D eigenvalue weighted by Crippen LogP contribution is -2.27. The quantitative estimate of drug-likeness (QED) is 0.473. The van der Waals surface area contributed by atoms with Gasteiger partial charge in [0.15, 0.2) is 5.78 Å². The Labute approximate surface area is 163 Å². The maximum absolute atomic E-state index is 12.6. The largest absolute Gasteiger partial charge is 0.444 e. The summed E-state index contributed by atoms with van der Waals surface area (Å²) in [7, 11) is 0. The van der Waals surface area contributed by atoms with E-state index in [1.807, 2.05) is 6.07 Å². The fraction of sp³-hybridized carbons (Fsp3) is 0.278. The molecule has 1 amide bonds. The summed E-state index contributed by atoms with van der Waals surface area (Å²) in [6, 6.07) is 10.5. The molecule has 0 fully saturated rings. The highest BCUT2D eigenvalue weighted by molar-refractivity contribution is 9.10. The lowest BCUT2D eigenvalue weighted by molar-refractivity contribution is 0.0635. The van der Waals surface area contributed by atoms with E-state index in [1.165, 1.54) is 6.20 Å². The number of carbonyl (C=O) groups excluding carboxylic acids is 2. The number of ether oxygens (including phenoxy) is 1. The van der Waals surface area contributed by atoms with Crippen molar-refractivity contribution < 1.29 is 14.3 Å². The van der Waals surface area contributed by atoms with Crippen LogP contribution >= 0.6 is 31.9 Å². The Bertz CT molecular complexity index is 788. The maximum Gasteiger partial charge on any atom is 0.413 e. The van der Waals surface area contributed by atoms with E-state index in [0.29, 0.717) is 16.9 Å². The zero-order chi connectivity index (χ0) is 18.6. The summed E-state index contributed by atoms with van der Waals surface area (Å²) in [6.07, 6.45) is 0.936. The molecule has 0 unspecified atom stereocenters. The van der Waals surface area contributed by atoms with Gasteiger partial charge in [-0.15, -0.1) is 0 Å². The Morgan fingerprint density at radius 2 is 1.92 bits per heavy atom.